The van der Waals surface area contributed by atoms with Crippen LogP contribution < -0.4 is 0 Å². The second kappa shape index (κ2) is 12.8. The lowest BCUT2D eigenvalue weighted by molar-refractivity contribution is -0.119. The number of carbonyl (C=O) groups excluding carboxylic acids is 1. The number of nitrogens with zero attached hydrogens (tertiary/aromatic N) is 1. The molecule has 0 unspecified atom stereocenters. The van der Waals surface area contributed by atoms with Crippen molar-refractivity contribution in [1.82, 2.24) is 0 Å². The Kier molecular flexibility index (Phi) is 10.2. The molecule has 0 amide bonds. The average molecular weight is 522 g/mol. The Morgan fingerprint density at radius 1 is 0.711 bits per heavy atom. The first-order valence-corrected chi connectivity index (χ1v) is 17.0. The quantitative estimate of drug-likeness (QED) is 0.150. The Hall–Kier alpha value is -0.775. The number of hydrogen-bond acceptors (Lipinski definition) is 2. The maximum Gasteiger partial charge on any atom is 0.146 e. The van der Waals surface area contributed by atoms with Crippen molar-refractivity contribution in [1.29, 1.82) is 5.26 Å². The lowest BCUT2D eigenvalue weighted by atomic mass is 9.20. The number of ketones is 1. The van der Waals surface area contributed by atoms with Crippen molar-refractivity contribution in [3.05, 3.63) is 0 Å². The highest BCUT2D eigenvalue weighted by atomic mass is 16.1. The van der Waals surface area contributed by atoms with Crippen LogP contribution in [0.4, 0.5) is 0 Å². The van der Waals surface area contributed by atoms with Crippen molar-refractivity contribution >= 4 is 12.5 Å². The number of unbranched alkanes of at least 4 members (excludes halogenated alkanes) is 8. The van der Waals surface area contributed by atoms with Crippen molar-refractivity contribution in [2.45, 2.75) is 162 Å². The molecule has 4 bridgehead atoms. The fraction of sp³-hybridized carbons (Fsp3) is 0.943. The molecule has 0 spiro atoms. The van der Waals surface area contributed by atoms with Gasteiger partial charge in [-0.05, 0) is 72.0 Å². The summed E-state index contributed by atoms with van der Waals surface area (Å²) in [5.41, 5.74) is 1.13. The van der Waals surface area contributed by atoms with Gasteiger partial charge in [-0.2, -0.15) is 5.26 Å². The average Bonchev–Trinajstić information content (AvgIpc) is 2.87. The smallest absolute Gasteiger partial charge is 0.146 e. The molecule has 3 heteroatoms. The van der Waals surface area contributed by atoms with E-state index in [1.807, 2.05) is 0 Å². The summed E-state index contributed by atoms with van der Waals surface area (Å²) >= 11 is 0. The molecule has 214 valence electrons. The summed E-state index contributed by atoms with van der Waals surface area (Å²) in [6.07, 6.45) is 20.3. The van der Waals surface area contributed by atoms with Crippen LogP contribution in [0.3, 0.4) is 0 Å². The molecule has 6 aliphatic carbocycles. The first-order valence-electron chi connectivity index (χ1n) is 17.0. The Labute approximate surface area is 237 Å². The van der Waals surface area contributed by atoms with Gasteiger partial charge in [0.05, 0.1) is 6.07 Å². The van der Waals surface area contributed by atoms with E-state index in [1.54, 1.807) is 0 Å². The molecular weight excluding hydrogens is 461 g/mol. The van der Waals surface area contributed by atoms with Crippen molar-refractivity contribution in [3.63, 3.8) is 0 Å². The van der Waals surface area contributed by atoms with E-state index in [0.717, 1.165) is 86.0 Å². The van der Waals surface area contributed by atoms with E-state index in [9.17, 15) is 4.79 Å². The van der Waals surface area contributed by atoms with Gasteiger partial charge in [-0.15, -0.1) is 0 Å². The Morgan fingerprint density at radius 3 is 1.61 bits per heavy atom. The van der Waals surface area contributed by atoms with Crippen LogP contribution in [0, 0.1) is 57.7 Å². The number of rotatable bonds is 16. The van der Waals surface area contributed by atoms with E-state index in [2.05, 4.69) is 47.6 Å². The summed E-state index contributed by atoms with van der Waals surface area (Å²) in [6, 6.07) is 2.24. The van der Waals surface area contributed by atoms with Crippen molar-refractivity contribution in [2.24, 2.45) is 46.3 Å². The summed E-state index contributed by atoms with van der Waals surface area (Å²) in [4.78, 5) is 12.8. The fourth-order valence-corrected chi connectivity index (χ4v) is 10.5. The SMILES string of the molecule is C[C@@H]1[C@H]2C[C@@H](C[C@H]1B(CCCC(=O)CCCCCCCCCCC#N)[C@@H]1C[C@@H]3C[C@H]([C@H]1C)C3(C)C)C2(C)C. The molecule has 0 aromatic heterocycles. The van der Waals surface area contributed by atoms with E-state index < -0.39 is 0 Å². The first kappa shape index (κ1) is 30.2. The van der Waals surface area contributed by atoms with Gasteiger partial charge in [-0.3, -0.25) is 4.79 Å². The molecule has 0 aliphatic heterocycles. The number of fused-ring (bicyclic) bond motifs is 4. The van der Waals surface area contributed by atoms with Crippen LogP contribution in [0.25, 0.3) is 0 Å². The molecule has 8 atom stereocenters. The maximum atomic E-state index is 12.8. The molecule has 6 rings (SSSR count). The number of nitriles is 1. The molecule has 38 heavy (non-hydrogen) atoms. The third-order valence-electron chi connectivity index (χ3n) is 13.4. The van der Waals surface area contributed by atoms with Crippen LogP contribution in [0.1, 0.15) is 144 Å². The Morgan fingerprint density at radius 2 is 1.16 bits per heavy atom. The minimum absolute atomic E-state index is 0.529. The molecule has 0 heterocycles. The van der Waals surface area contributed by atoms with Crippen LogP contribution in [0.5, 0.6) is 0 Å². The van der Waals surface area contributed by atoms with Gasteiger partial charge < -0.3 is 0 Å². The van der Waals surface area contributed by atoms with Gasteiger partial charge in [0.25, 0.3) is 0 Å². The topological polar surface area (TPSA) is 40.9 Å². The number of carbonyl (C=O) groups is 1. The van der Waals surface area contributed by atoms with Gasteiger partial charge in [0.1, 0.15) is 12.5 Å². The zero-order valence-electron chi connectivity index (χ0n) is 26.1. The largest absolute Gasteiger partial charge is 0.300 e. The fourth-order valence-electron chi connectivity index (χ4n) is 10.5. The van der Waals surface area contributed by atoms with E-state index in [-0.39, 0.29) is 0 Å². The van der Waals surface area contributed by atoms with Gasteiger partial charge in [0, 0.05) is 19.3 Å². The zero-order valence-corrected chi connectivity index (χ0v) is 26.1. The monoisotopic (exact) mass is 521 g/mol. The molecule has 0 aromatic rings. The van der Waals surface area contributed by atoms with Crippen molar-refractivity contribution in [2.75, 3.05) is 0 Å². The zero-order chi connectivity index (χ0) is 27.5. The second-order valence-corrected chi connectivity index (χ2v) is 15.8. The lowest BCUT2D eigenvalue weighted by Gasteiger charge is -2.66. The predicted octanol–water partition coefficient (Wildman–Crippen LogP) is 10.4. The van der Waals surface area contributed by atoms with E-state index in [4.69, 9.17) is 5.26 Å². The van der Waals surface area contributed by atoms with Crippen LogP contribution in [0.15, 0.2) is 0 Å². The van der Waals surface area contributed by atoms with Crippen LogP contribution >= 0.6 is 0 Å². The minimum Gasteiger partial charge on any atom is -0.300 e. The number of hydrogen-bond donors (Lipinski definition) is 0. The van der Waals surface area contributed by atoms with E-state index in [1.165, 1.54) is 70.5 Å². The van der Waals surface area contributed by atoms with Crippen LogP contribution in [-0.2, 0) is 4.79 Å². The lowest BCUT2D eigenvalue weighted by Crippen LogP contribution is -2.59. The second-order valence-electron chi connectivity index (χ2n) is 15.8. The summed E-state index contributed by atoms with van der Waals surface area (Å²) in [5.74, 6) is 7.79. The van der Waals surface area contributed by atoms with Crippen LogP contribution in [-0.4, -0.2) is 12.5 Å². The van der Waals surface area contributed by atoms with Gasteiger partial charge in [0.2, 0.25) is 0 Å². The van der Waals surface area contributed by atoms with Gasteiger partial charge in [-0.1, -0.05) is 117 Å². The van der Waals surface area contributed by atoms with Gasteiger partial charge >= 0.3 is 0 Å². The number of Topliss-reactive ketones (excluding diaryl/α,β-unsaturated/α-hetero) is 1. The third-order valence-corrected chi connectivity index (χ3v) is 13.4. The van der Waals surface area contributed by atoms with Crippen LogP contribution in [0.2, 0.25) is 18.0 Å². The summed E-state index contributed by atoms with van der Waals surface area (Å²) in [6.45, 7) is 16.2. The van der Waals surface area contributed by atoms with Gasteiger partial charge in [0.15, 0.2) is 0 Å². The molecular formula is C35H60BNO. The minimum atomic E-state index is 0.529. The van der Waals surface area contributed by atoms with E-state index >= 15 is 0 Å². The highest BCUT2D eigenvalue weighted by molar-refractivity contribution is 6.62. The molecule has 0 N–H and O–H groups in total. The van der Waals surface area contributed by atoms with Crippen molar-refractivity contribution in [3.8, 4) is 6.07 Å². The highest BCUT2D eigenvalue weighted by Gasteiger charge is 2.62. The summed E-state index contributed by atoms with van der Waals surface area (Å²) < 4.78 is 0. The molecule has 6 aliphatic rings. The predicted molar refractivity (Wildman–Crippen MR) is 162 cm³/mol. The maximum absolute atomic E-state index is 12.8. The molecule has 0 radical (unpaired) electrons. The molecule has 6 fully saturated rings. The molecule has 2 nitrogen and oxygen atoms in total. The Balaban J connectivity index is 1.22. The van der Waals surface area contributed by atoms with Crippen molar-refractivity contribution < 1.29 is 4.79 Å². The van der Waals surface area contributed by atoms with E-state index in [0.29, 0.717) is 23.0 Å². The third kappa shape index (κ3) is 6.25. The summed E-state index contributed by atoms with van der Waals surface area (Å²) in [7, 11) is 0. The summed E-state index contributed by atoms with van der Waals surface area (Å²) in [5, 5.41) is 8.61. The standard InChI is InChI=1S/C35H60BNO/c1-25-30-21-27(34(30,3)4)23-32(25)36(33-24-28-22-31(26(33)2)35(28,5)6)19-16-18-29(38)17-14-12-10-8-7-9-11-13-15-20-37/h25-28,30-33H,7-19,21-24H2,1-6H3/t25-,26-,27+,28+,30-,31-,32-,33-/m1/s1. The normalized spacial score (nSPS) is 36.0. The Bertz CT molecular complexity index is 784. The molecule has 0 aromatic carbocycles. The molecule has 0 saturated heterocycles. The first-order chi connectivity index (χ1) is 18.1. The molecule has 6 saturated carbocycles. The highest BCUT2D eigenvalue weighted by Crippen LogP contribution is 2.69. The van der Waals surface area contributed by atoms with Gasteiger partial charge in [-0.25, -0.2) is 0 Å².